The number of hydrogen-bond acceptors (Lipinski definition) is 14. The monoisotopic (exact) mass is 547 g/mol. The number of rotatable bonds is 13. The van der Waals surface area contributed by atoms with Crippen molar-refractivity contribution >= 4 is 22.3 Å². The molecule has 1 aromatic carbocycles. The van der Waals surface area contributed by atoms with Crippen LogP contribution in [0.1, 0.15) is 13.3 Å². The first-order valence-corrected chi connectivity index (χ1v) is 12.1. The number of benzene rings is 1. The lowest BCUT2D eigenvalue weighted by Gasteiger charge is -2.23. The molecule has 0 saturated heterocycles. The molecule has 0 aliphatic heterocycles. The summed E-state index contributed by atoms with van der Waals surface area (Å²) in [6.07, 6.45) is 2.63. The normalized spacial score (nSPS) is 10.9. The van der Waals surface area contributed by atoms with Gasteiger partial charge in [-0.1, -0.05) is 19.1 Å². The highest BCUT2D eigenvalue weighted by Crippen LogP contribution is 2.41. The maximum Gasteiger partial charge on any atom is 0.318 e. The van der Waals surface area contributed by atoms with E-state index in [0.717, 1.165) is 0 Å². The van der Waals surface area contributed by atoms with E-state index in [4.69, 9.17) is 18.9 Å². The van der Waals surface area contributed by atoms with Crippen molar-refractivity contribution in [3.8, 4) is 34.8 Å². The lowest BCUT2D eigenvalue weighted by Crippen LogP contribution is -2.32. The van der Waals surface area contributed by atoms with E-state index >= 15 is 0 Å². The zero-order chi connectivity index (χ0) is 27.5. The number of esters is 1. The largest absolute Gasteiger partial charge is 0.493 e. The van der Waals surface area contributed by atoms with Crippen LogP contribution in [0.15, 0.2) is 47.1 Å². The lowest BCUT2D eigenvalue weighted by atomic mass is 9.95. The molecule has 0 radical (unpaired) electrons. The van der Waals surface area contributed by atoms with Crippen molar-refractivity contribution in [1.82, 2.24) is 19.9 Å². The summed E-state index contributed by atoms with van der Waals surface area (Å²) in [6, 6.07) is 8.12. The van der Waals surface area contributed by atoms with Gasteiger partial charge in [0.2, 0.25) is 17.4 Å². The number of carbonyl (C=O) groups is 1. The molecule has 0 spiro atoms. The van der Waals surface area contributed by atoms with Crippen LogP contribution in [0.4, 0.5) is 5.82 Å². The number of ether oxygens (including phenoxy) is 4. The van der Waals surface area contributed by atoms with Gasteiger partial charge in [-0.3, -0.25) is 4.79 Å². The minimum absolute atomic E-state index is 0.0565. The van der Waals surface area contributed by atoms with Crippen molar-refractivity contribution in [3.63, 3.8) is 0 Å². The molecule has 0 saturated carbocycles. The molecule has 2 heterocycles. The fourth-order valence-corrected chi connectivity index (χ4v) is 3.03. The molecule has 0 bridgehead atoms. The molecule has 0 fully saturated rings. The van der Waals surface area contributed by atoms with Gasteiger partial charge in [0, 0.05) is 17.8 Å². The summed E-state index contributed by atoms with van der Waals surface area (Å²) < 4.78 is 48.4. The van der Waals surface area contributed by atoms with Crippen molar-refractivity contribution < 1.29 is 42.4 Å². The van der Waals surface area contributed by atoms with Crippen LogP contribution in [0.3, 0.4) is 0 Å². The smallest absolute Gasteiger partial charge is 0.318 e. The van der Waals surface area contributed by atoms with Gasteiger partial charge in [0.25, 0.3) is 5.88 Å². The van der Waals surface area contributed by atoms with Crippen molar-refractivity contribution in [2.45, 2.75) is 13.3 Å². The van der Waals surface area contributed by atoms with Gasteiger partial charge in [0.1, 0.15) is 13.2 Å². The van der Waals surface area contributed by atoms with Crippen LogP contribution in [0.25, 0.3) is 11.6 Å². The number of aliphatic hydroxyl groups excluding tert-OH is 2. The van der Waals surface area contributed by atoms with Gasteiger partial charge in [0.05, 0.1) is 26.7 Å². The first-order chi connectivity index (χ1) is 18.3. The van der Waals surface area contributed by atoms with Crippen LogP contribution in [-0.2, 0) is 20.0 Å². The highest BCUT2D eigenvalue weighted by molar-refractivity contribution is 7.61. The van der Waals surface area contributed by atoms with Gasteiger partial charge < -0.3 is 29.2 Å². The topological polar surface area (TPSA) is 193 Å². The Kier molecular flexibility index (Phi) is 9.98. The van der Waals surface area contributed by atoms with Crippen LogP contribution < -0.4 is 14.2 Å². The molecule has 2 N–H and O–H groups in total. The molecule has 2 aromatic heterocycles. The van der Waals surface area contributed by atoms with E-state index < -0.39 is 27.7 Å². The Balaban J connectivity index is 1.95. The molecule has 0 unspecified atom stereocenters. The fraction of sp³-hybridized carbons (Fsp3) is 0.348. The second-order valence-electron chi connectivity index (χ2n) is 8.02. The Morgan fingerprint density at radius 1 is 1.03 bits per heavy atom. The highest BCUT2D eigenvalue weighted by Gasteiger charge is 2.25. The zero-order valence-corrected chi connectivity index (χ0v) is 21.3. The third-order valence-corrected chi connectivity index (χ3v) is 5.24. The van der Waals surface area contributed by atoms with Crippen LogP contribution in [0, 0.1) is 5.41 Å². The van der Waals surface area contributed by atoms with E-state index in [1.165, 1.54) is 19.5 Å². The van der Waals surface area contributed by atoms with Gasteiger partial charge in [0.15, 0.2) is 17.3 Å². The fourth-order valence-electron chi connectivity index (χ4n) is 2.77. The number of para-hydroxylation sites is 2. The lowest BCUT2D eigenvalue weighted by molar-refractivity contribution is -0.149. The SMILES string of the molecule is COc1ccccc1Oc1c(N=S(=O)=O)nc(-c2ncccn2)nc1OCCC(=O)OCC(C)(CO)CO. The minimum Gasteiger partial charge on any atom is -0.493 e. The summed E-state index contributed by atoms with van der Waals surface area (Å²) >= 11 is 0. The molecule has 14 nitrogen and oxygen atoms in total. The summed E-state index contributed by atoms with van der Waals surface area (Å²) in [7, 11) is -1.50. The Morgan fingerprint density at radius 3 is 2.34 bits per heavy atom. The molecular formula is C23H25N5O9S. The summed E-state index contributed by atoms with van der Waals surface area (Å²) in [5, 5.41) is 18.7. The first kappa shape index (κ1) is 28.4. The molecule has 38 heavy (non-hydrogen) atoms. The summed E-state index contributed by atoms with van der Waals surface area (Å²) in [4.78, 5) is 28.7. The molecule has 3 aromatic rings. The Hall–Kier alpha value is -4.21. The average molecular weight is 548 g/mol. The van der Waals surface area contributed by atoms with E-state index in [1.54, 1.807) is 37.3 Å². The summed E-state index contributed by atoms with van der Waals surface area (Å²) in [5.74, 6) is -1.13. The van der Waals surface area contributed by atoms with E-state index in [2.05, 4.69) is 24.3 Å². The van der Waals surface area contributed by atoms with E-state index in [9.17, 15) is 23.4 Å². The number of carbonyl (C=O) groups excluding carboxylic acids is 1. The molecule has 15 heteroatoms. The summed E-state index contributed by atoms with van der Waals surface area (Å²) in [5.41, 5.74) is -0.992. The zero-order valence-electron chi connectivity index (χ0n) is 20.5. The summed E-state index contributed by atoms with van der Waals surface area (Å²) in [6.45, 7) is 0.326. The van der Waals surface area contributed by atoms with Crippen molar-refractivity contribution in [1.29, 1.82) is 0 Å². The highest BCUT2D eigenvalue weighted by atomic mass is 32.2. The molecule has 3 rings (SSSR count). The number of methoxy groups -OCH3 is 1. The van der Waals surface area contributed by atoms with Gasteiger partial charge in [-0.2, -0.15) is 13.4 Å². The second kappa shape index (κ2) is 13.4. The molecule has 0 aliphatic carbocycles. The average Bonchev–Trinajstić information content (AvgIpc) is 2.93. The maximum absolute atomic E-state index is 12.2. The molecule has 202 valence electrons. The molecule has 0 atom stereocenters. The minimum atomic E-state index is -2.93. The van der Waals surface area contributed by atoms with Crippen molar-refractivity contribution in [2.75, 3.05) is 33.5 Å². The maximum atomic E-state index is 12.2. The number of nitrogens with zero attached hydrogens (tertiary/aromatic N) is 5. The molecule has 0 amide bonds. The predicted octanol–water partition coefficient (Wildman–Crippen LogP) is 1.73. The Labute approximate surface area is 219 Å². The van der Waals surface area contributed by atoms with Crippen LogP contribution in [-0.4, -0.2) is 78.1 Å². The van der Waals surface area contributed by atoms with E-state index in [1.807, 2.05) is 0 Å². The van der Waals surface area contributed by atoms with E-state index in [0.29, 0.717) is 5.75 Å². The van der Waals surface area contributed by atoms with Crippen molar-refractivity contribution in [3.05, 3.63) is 42.7 Å². The number of hydrogen-bond donors (Lipinski definition) is 2. The third kappa shape index (κ3) is 7.64. The molecule has 0 aliphatic rings. The molecular weight excluding hydrogens is 522 g/mol. The predicted molar refractivity (Wildman–Crippen MR) is 130 cm³/mol. The van der Waals surface area contributed by atoms with E-state index in [-0.39, 0.29) is 61.9 Å². The van der Waals surface area contributed by atoms with Gasteiger partial charge in [-0.05, 0) is 18.2 Å². The van der Waals surface area contributed by atoms with Gasteiger partial charge in [-0.15, -0.1) is 4.36 Å². The second-order valence-corrected chi connectivity index (χ2v) is 8.64. The van der Waals surface area contributed by atoms with Crippen LogP contribution >= 0.6 is 0 Å². The standard InChI is InChI=1S/C23H25N5O9S/c1-23(12-29,13-30)14-36-17(31)8-11-35-22-18(37-16-7-4-3-6-15(16)34-2)19(28-38(32)33)26-21(27-22)20-24-9-5-10-25-20/h3-7,9-10,29-30H,8,11-14H2,1-2H3. The Morgan fingerprint density at radius 2 is 1.71 bits per heavy atom. The van der Waals surface area contributed by atoms with Crippen molar-refractivity contribution in [2.24, 2.45) is 9.78 Å². The first-order valence-electron chi connectivity index (χ1n) is 11.1. The van der Waals surface area contributed by atoms with Crippen LogP contribution in [0.2, 0.25) is 0 Å². The van der Waals surface area contributed by atoms with Gasteiger partial charge >= 0.3 is 16.5 Å². The number of aromatic nitrogens is 4. The third-order valence-electron chi connectivity index (χ3n) is 4.91. The van der Waals surface area contributed by atoms with Crippen LogP contribution in [0.5, 0.6) is 23.1 Å². The van der Waals surface area contributed by atoms with Gasteiger partial charge in [-0.25, -0.2) is 15.0 Å². The Bertz CT molecular complexity index is 1380. The quantitative estimate of drug-likeness (QED) is 0.294. The number of aliphatic hydroxyl groups is 2.